The molecule has 0 aliphatic carbocycles. The fourth-order valence-corrected chi connectivity index (χ4v) is 2.34. The first-order chi connectivity index (χ1) is 9.51. The number of ether oxygens (including phenoxy) is 1. The molecule has 0 fully saturated rings. The zero-order valence-corrected chi connectivity index (χ0v) is 12.8. The molecule has 0 saturated carbocycles. The number of carbonyl (C=O) groups excluding carboxylic acids is 1. The average molecular weight is 335 g/mol. The number of methoxy groups -OCH3 is 1. The molecule has 104 valence electrons. The number of rotatable bonds is 3. The third-order valence-electron chi connectivity index (χ3n) is 2.92. The van der Waals surface area contributed by atoms with Crippen LogP contribution in [-0.2, 0) is 0 Å². The fraction of sp³-hybridized carbons (Fsp3) is 0.133. The van der Waals surface area contributed by atoms with Crippen LogP contribution in [0.3, 0.4) is 0 Å². The second-order valence-corrected chi connectivity index (χ2v) is 5.29. The maximum absolute atomic E-state index is 12.2. The number of anilines is 2. The molecule has 5 heteroatoms. The van der Waals surface area contributed by atoms with Gasteiger partial charge in [0, 0.05) is 21.8 Å². The van der Waals surface area contributed by atoms with Gasteiger partial charge < -0.3 is 15.8 Å². The Labute approximate surface area is 126 Å². The summed E-state index contributed by atoms with van der Waals surface area (Å²) in [5.41, 5.74) is 8.45. The highest BCUT2D eigenvalue weighted by Gasteiger charge is 2.10. The van der Waals surface area contributed by atoms with E-state index in [2.05, 4.69) is 21.2 Å². The van der Waals surface area contributed by atoms with Gasteiger partial charge in [-0.1, -0.05) is 15.9 Å². The molecular formula is C15H15BrN2O2. The van der Waals surface area contributed by atoms with Crippen molar-refractivity contribution < 1.29 is 9.53 Å². The van der Waals surface area contributed by atoms with Gasteiger partial charge in [-0.2, -0.15) is 0 Å². The second kappa shape index (κ2) is 5.96. The Morgan fingerprint density at radius 1 is 1.25 bits per heavy atom. The molecule has 3 N–H and O–H groups in total. The molecule has 4 nitrogen and oxygen atoms in total. The van der Waals surface area contributed by atoms with Crippen LogP contribution in [0.4, 0.5) is 11.4 Å². The molecule has 0 heterocycles. The first kappa shape index (κ1) is 14.4. The Kier molecular flexibility index (Phi) is 4.29. The lowest BCUT2D eigenvalue weighted by molar-refractivity contribution is 0.102. The lowest BCUT2D eigenvalue weighted by atomic mass is 10.1. The fourth-order valence-electron chi connectivity index (χ4n) is 1.87. The van der Waals surface area contributed by atoms with Crippen molar-refractivity contribution in [2.45, 2.75) is 6.92 Å². The standard InChI is InChI=1S/C15H15BrN2O2/c1-9-7-10(16)3-5-12(9)15(19)18-11-4-6-13(17)14(8-11)20-2/h3-8H,17H2,1-2H3,(H,18,19). The quantitative estimate of drug-likeness (QED) is 0.843. The number of halogens is 1. The van der Waals surface area contributed by atoms with Gasteiger partial charge >= 0.3 is 0 Å². The molecule has 0 saturated heterocycles. The average Bonchev–Trinajstić information content (AvgIpc) is 2.40. The van der Waals surface area contributed by atoms with Gasteiger partial charge in [-0.3, -0.25) is 4.79 Å². The minimum Gasteiger partial charge on any atom is -0.495 e. The van der Waals surface area contributed by atoms with Gasteiger partial charge in [-0.05, 0) is 42.8 Å². The molecule has 2 aromatic carbocycles. The molecule has 0 bridgehead atoms. The molecule has 1 amide bonds. The van der Waals surface area contributed by atoms with Crippen LogP contribution in [0.15, 0.2) is 40.9 Å². The molecule has 0 unspecified atom stereocenters. The summed E-state index contributed by atoms with van der Waals surface area (Å²) in [7, 11) is 1.54. The molecule has 2 aromatic rings. The first-order valence-corrected chi connectivity index (χ1v) is 6.81. The Morgan fingerprint density at radius 3 is 2.65 bits per heavy atom. The molecule has 0 aromatic heterocycles. The molecule has 2 rings (SSSR count). The number of hydrogen-bond acceptors (Lipinski definition) is 3. The topological polar surface area (TPSA) is 64.3 Å². The van der Waals surface area contributed by atoms with Crippen molar-refractivity contribution in [3.63, 3.8) is 0 Å². The number of carbonyl (C=O) groups is 1. The lowest BCUT2D eigenvalue weighted by Gasteiger charge is -2.10. The van der Waals surface area contributed by atoms with Crippen molar-refractivity contribution in [2.24, 2.45) is 0 Å². The number of hydrogen-bond donors (Lipinski definition) is 2. The summed E-state index contributed by atoms with van der Waals surface area (Å²) in [6.07, 6.45) is 0. The van der Waals surface area contributed by atoms with E-state index >= 15 is 0 Å². The zero-order chi connectivity index (χ0) is 14.7. The summed E-state index contributed by atoms with van der Waals surface area (Å²) in [5.74, 6) is 0.372. The Balaban J connectivity index is 2.23. The zero-order valence-electron chi connectivity index (χ0n) is 11.2. The Morgan fingerprint density at radius 2 is 2.00 bits per heavy atom. The van der Waals surface area contributed by atoms with E-state index in [1.54, 1.807) is 24.3 Å². The number of aryl methyl sites for hydroxylation is 1. The van der Waals surface area contributed by atoms with Crippen molar-refractivity contribution in [1.82, 2.24) is 0 Å². The predicted molar refractivity (Wildman–Crippen MR) is 84.2 cm³/mol. The molecule has 0 atom stereocenters. The molecule has 0 spiro atoms. The maximum atomic E-state index is 12.2. The normalized spacial score (nSPS) is 10.2. The summed E-state index contributed by atoms with van der Waals surface area (Å²) in [6.45, 7) is 1.89. The summed E-state index contributed by atoms with van der Waals surface area (Å²) < 4.78 is 6.07. The summed E-state index contributed by atoms with van der Waals surface area (Å²) >= 11 is 3.38. The van der Waals surface area contributed by atoms with E-state index in [0.29, 0.717) is 22.7 Å². The van der Waals surface area contributed by atoms with Crippen LogP contribution in [0.1, 0.15) is 15.9 Å². The predicted octanol–water partition coefficient (Wildman–Crippen LogP) is 3.60. The molecule has 0 aliphatic heterocycles. The molecule has 0 aliphatic rings. The highest BCUT2D eigenvalue weighted by Crippen LogP contribution is 2.25. The number of nitrogen functional groups attached to an aromatic ring is 1. The SMILES string of the molecule is COc1cc(NC(=O)c2ccc(Br)cc2C)ccc1N. The van der Waals surface area contributed by atoms with E-state index in [4.69, 9.17) is 10.5 Å². The van der Waals surface area contributed by atoms with Crippen LogP contribution in [0, 0.1) is 6.92 Å². The maximum Gasteiger partial charge on any atom is 0.255 e. The van der Waals surface area contributed by atoms with E-state index in [1.165, 1.54) is 7.11 Å². The largest absolute Gasteiger partial charge is 0.495 e. The summed E-state index contributed by atoms with van der Waals surface area (Å²) in [4.78, 5) is 12.2. The summed E-state index contributed by atoms with van der Waals surface area (Å²) in [5, 5.41) is 2.83. The highest BCUT2D eigenvalue weighted by atomic mass is 79.9. The van der Waals surface area contributed by atoms with Gasteiger partial charge in [0.2, 0.25) is 0 Å². The number of benzene rings is 2. The van der Waals surface area contributed by atoms with Gasteiger partial charge in [0.05, 0.1) is 12.8 Å². The van der Waals surface area contributed by atoms with Crippen LogP contribution >= 0.6 is 15.9 Å². The number of nitrogens with one attached hydrogen (secondary N) is 1. The number of nitrogens with two attached hydrogens (primary N) is 1. The monoisotopic (exact) mass is 334 g/mol. The molecule has 20 heavy (non-hydrogen) atoms. The van der Waals surface area contributed by atoms with Crippen molar-refractivity contribution in [3.8, 4) is 5.75 Å². The van der Waals surface area contributed by atoms with Crippen LogP contribution in [0.25, 0.3) is 0 Å². The van der Waals surface area contributed by atoms with Crippen molar-refractivity contribution in [2.75, 3.05) is 18.2 Å². The minimum absolute atomic E-state index is 0.165. The third-order valence-corrected chi connectivity index (χ3v) is 3.42. The van der Waals surface area contributed by atoms with Crippen molar-refractivity contribution in [3.05, 3.63) is 52.0 Å². The van der Waals surface area contributed by atoms with E-state index in [9.17, 15) is 4.79 Å². The van der Waals surface area contributed by atoms with E-state index < -0.39 is 0 Å². The van der Waals surface area contributed by atoms with Gasteiger partial charge in [-0.25, -0.2) is 0 Å². The van der Waals surface area contributed by atoms with Crippen LogP contribution in [0.2, 0.25) is 0 Å². The van der Waals surface area contributed by atoms with Crippen LogP contribution in [0.5, 0.6) is 5.75 Å². The van der Waals surface area contributed by atoms with Crippen LogP contribution in [-0.4, -0.2) is 13.0 Å². The van der Waals surface area contributed by atoms with Gasteiger partial charge in [-0.15, -0.1) is 0 Å². The van der Waals surface area contributed by atoms with E-state index in [0.717, 1.165) is 10.0 Å². The van der Waals surface area contributed by atoms with Gasteiger partial charge in [0.15, 0.2) is 0 Å². The minimum atomic E-state index is -0.165. The van der Waals surface area contributed by atoms with E-state index in [-0.39, 0.29) is 5.91 Å². The van der Waals surface area contributed by atoms with Gasteiger partial charge in [0.1, 0.15) is 5.75 Å². The lowest BCUT2D eigenvalue weighted by Crippen LogP contribution is -2.13. The van der Waals surface area contributed by atoms with Crippen molar-refractivity contribution in [1.29, 1.82) is 0 Å². The Bertz CT molecular complexity index is 656. The third kappa shape index (κ3) is 3.11. The van der Waals surface area contributed by atoms with Crippen LogP contribution < -0.4 is 15.8 Å². The second-order valence-electron chi connectivity index (χ2n) is 4.37. The smallest absolute Gasteiger partial charge is 0.255 e. The van der Waals surface area contributed by atoms with E-state index in [1.807, 2.05) is 19.1 Å². The first-order valence-electron chi connectivity index (χ1n) is 6.02. The molecule has 0 radical (unpaired) electrons. The molecular weight excluding hydrogens is 320 g/mol. The Hall–Kier alpha value is -2.01. The number of amides is 1. The van der Waals surface area contributed by atoms with Crippen molar-refractivity contribution >= 4 is 33.2 Å². The van der Waals surface area contributed by atoms with Gasteiger partial charge in [0.25, 0.3) is 5.91 Å². The summed E-state index contributed by atoms with van der Waals surface area (Å²) in [6, 6.07) is 10.7. The highest BCUT2D eigenvalue weighted by molar-refractivity contribution is 9.10.